The van der Waals surface area contributed by atoms with Gasteiger partial charge in [-0.2, -0.15) is 0 Å². The van der Waals surface area contributed by atoms with Crippen LogP contribution in [0.5, 0.6) is 5.75 Å². The van der Waals surface area contributed by atoms with E-state index in [-0.39, 0.29) is 18.4 Å². The summed E-state index contributed by atoms with van der Waals surface area (Å²) >= 11 is 0. The number of benzene rings is 1. The molecular formula is C15H16N4O3. The summed E-state index contributed by atoms with van der Waals surface area (Å²) in [6.45, 7) is -0.160. The van der Waals surface area contributed by atoms with Gasteiger partial charge in [-0.1, -0.05) is 0 Å². The summed E-state index contributed by atoms with van der Waals surface area (Å²) in [7, 11) is 1.51. The number of aromatic nitrogens is 1. The zero-order chi connectivity index (χ0) is 15.9. The van der Waals surface area contributed by atoms with Gasteiger partial charge in [0.1, 0.15) is 5.75 Å². The van der Waals surface area contributed by atoms with Crippen molar-refractivity contribution in [3.05, 3.63) is 48.3 Å². The number of rotatable bonds is 5. The number of nitrogens with zero attached hydrogens (tertiary/aromatic N) is 1. The Hall–Kier alpha value is -2.93. The average Bonchev–Trinajstić information content (AvgIpc) is 2.56. The minimum absolute atomic E-state index is 0.160. The summed E-state index contributed by atoms with van der Waals surface area (Å²) in [6.07, 6.45) is 3.04. The van der Waals surface area contributed by atoms with Gasteiger partial charge in [-0.25, -0.2) is 0 Å². The normalized spacial score (nSPS) is 9.91. The van der Waals surface area contributed by atoms with Gasteiger partial charge in [0.2, 0.25) is 5.91 Å². The fourth-order valence-corrected chi connectivity index (χ4v) is 1.76. The maximum absolute atomic E-state index is 12.2. The maximum Gasteiger partial charge on any atom is 0.257 e. The van der Waals surface area contributed by atoms with Crippen molar-refractivity contribution in [2.75, 3.05) is 24.3 Å². The van der Waals surface area contributed by atoms with Crippen LogP contribution in [0.25, 0.3) is 0 Å². The van der Waals surface area contributed by atoms with Crippen LogP contribution in [0, 0.1) is 0 Å². The van der Waals surface area contributed by atoms with Gasteiger partial charge in [0.25, 0.3) is 5.91 Å². The largest absolute Gasteiger partial charge is 0.497 e. The monoisotopic (exact) mass is 300 g/mol. The molecule has 0 saturated heterocycles. The Morgan fingerprint density at radius 1 is 1.23 bits per heavy atom. The molecule has 1 aromatic heterocycles. The number of hydrogen-bond acceptors (Lipinski definition) is 5. The summed E-state index contributed by atoms with van der Waals surface area (Å²) < 4.78 is 5.11. The molecule has 0 atom stereocenters. The molecule has 22 heavy (non-hydrogen) atoms. The van der Waals surface area contributed by atoms with E-state index in [0.717, 1.165) is 0 Å². The highest BCUT2D eigenvalue weighted by atomic mass is 16.5. The second kappa shape index (κ2) is 7.19. The smallest absolute Gasteiger partial charge is 0.257 e. The number of anilines is 2. The Kier molecular flexibility index (Phi) is 5.05. The fourth-order valence-electron chi connectivity index (χ4n) is 1.76. The Labute approximate surface area is 127 Å². The molecule has 0 aliphatic heterocycles. The lowest BCUT2D eigenvalue weighted by molar-refractivity contribution is -0.114. The highest BCUT2D eigenvalue weighted by Crippen LogP contribution is 2.27. The molecule has 0 fully saturated rings. The fraction of sp³-hybridized carbons (Fsp3) is 0.133. The molecule has 114 valence electrons. The van der Waals surface area contributed by atoms with Crippen LogP contribution in [0.3, 0.4) is 0 Å². The molecule has 2 rings (SSSR count). The van der Waals surface area contributed by atoms with E-state index in [1.165, 1.54) is 13.3 Å². The number of ether oxygens (including phenoxy) is 1. The van der Waals surface area contributed by atoms with Crippen LogP contribution in [0.15, 0.2) is 42.7 Å². The second-order valence-electron chi connectivity index (χ2n) is 4.36. The first kappa shape index (κ1) is 15.5. The SMILES string of the molecule is COc1ccc(NC(=O)c2cccnc2)c(NC(=O)CN)c1. The minimum atomic E-state index is -0.370. The van der Waals surface area contributed by atoms with E-state index in [0.29, 0.717) is 22.7 Å². The van der Waals surface area contributed by atoms with Crippen LogP contribution in [-0.4, -0.2) is 30.5 Å². The first-order valence-corrected chi connectivity index (χ1v) is 6.53. The molecule has 7 nitrogen and oxygen atoms in total. The average molecular weight is 300 g/mol. The predicted molar refractivity (Wildman–Crippen MR) is 82.9 cm³/mol. The van der Waals surface area contributed by atoms with Crippen molar-refractivity contribution in [2.24, 2.45) is 5.73 Å². The first-order chi connectivity index (χ1) is 10.6. The van der Waals surface area contributed by atoms with Crippen LogP contribution in [-0.2, 0) is 4.79 Å². The molecule has 0 aliphatic carbocycles. The van der Waals surface area contributed by atoms with Gasteiger partial charge >= 0.3 is 0 Å². The van der Waals surface area contributed by atoms with Crippen molar-refractivity contribution in [1.82, 2.24) is 4.98 Å². The van der Waals surface area contributed by atoms with Gasteiger partial charge in [0.05, 0.1) is 30.6 Å². The van der Waals surface area contributed by atoms with E-state index in [1.54, 1.807) is 36.5 Å². The minimum Gasteiger partial charge on any atom is -0.497 e. The van der Waals surface area contributed by atoms with E-state index in [9.17, 15) is 9.59 Å². The van der Waals surface area contributed by atoms with E-state index < -0.39 is 0 Å². The molecule has 0 bridgehead atoms. The molecule has 7 heteroatoms. The van der Waals surface area contributed by atoms with Gasteiger partial charge < -0.3 is 21.1 Å². The molecule has 0 aliphatic rings. The molecule has 0 radical (unpaired) electrons. The van der Waals surface area contributed by atoms with Crippen LogP contribution in [0.2, 0.25) is 0 Å². The van der Waals surface area contributed by atoms with E-state index in [2.05, 4.69) is 15.6 Å². The first-order valence-electron chi connectivity index (χ1n) is 6.53. The lowest BCUT2D eigenvalue weighted by Gasteiger charge is -2.13. The van der Waals surface area contributed by atoms with Gasteiger partial charge in [-0.15, -0.1) is 0 Å². The van der Waals surface area contributed by atoms with Crippen LogP contribution in [0.4, 0.5) is 11.4 Å². The van der Waals surface area contributed by atoms with Gasteiger partial charge in [0, 0.05) is 18.5 Å². The third-order valence-corrected chi connectivity index (χ3v) is 2.86. The summed E-state index contributed by atoms with van der Waals surface area (Å²) in [4.78, 5) is 27.5. The van der Waals surface area contributed by atoms with Crippen LogP contribution in [0.1, 0.15) is 10.4 Å². The number of nitrogens with one attached hydrogen (secondary N) is 2. The molecule has 0 unspecified atom stereocenters. The number of pyridine rings is 1. The molecule has 1 heterocycles. The number of methoxy groups -OCH3 is 1. The summed E-state index contributed by atoms with van der Waals surface area (Å²) in [5.41, 5.74) is 6.56. The van der Waals surface area contributed by atoms with E-state index in [4.69, 9.17) is 10.5 Å². The number of hydrogen-bond donors (Lipinski definition) is 3. The Morgan fingerprint density at radius 2 is 2.05 bits per heavy atom. The van der Waals surface area contributed by atoms with Crippen molar-refractivity contribution < 1.29 is 14.3 Å². The lowest BCUT2D eigenvalue weighted by atomic mass is 10.2. The highest BCUT2D eigenvalue weighted by molar-refractivity contribution is 6.07. The van der Waals surface area contributed by atoms with E-state index >= 15 is 0 Å². The zero-order valence-electron chi connectivity index (χ0n) is 12.0. The van der Waals surface area contributed by atoms with Crippen molar-refractivity contribution in [2.45, 2.75) is 0 Å². The van der Waals surface area contributed by atoms with Crippen LogP contribution >= 0.6 is 0 Å². The molecule has 2 aromatic rings. The summed E-state index contributed by atoms with van der Waals surface area (Å²) in [6, 6.07) is 8.23. The van der Waals surface area contributed by atoms with Crippen molar-refractivity contribution in [3.8, 4) is 5.75 Å². The Balaban J connectivity index is 2.25. The standard InChI is InChI=1S/C15H16N4O3/c1-22-11-4-5-12(13(7-11)18-14(20)8-16)19-15(21)10-3-2-6-17-9-10/h2-7,9H,8,16H2,1H3,(H,18,20)(H,19,21). The second-order valence-corrected chi connectivity index (χ2v) is 4.36. The third kappa shape index (κ3) is 3.80. The topological polar surface area (TPSA) is 106 Å². The number of carbonyl (C=O) groups is 2. The molecule has 2 amide bonds. The molecule has 0 spiro atoms. The number of amides is 2. The van der Waals surface area contributed by atoms with Crippen molar-refractivity contribution in [3.63, 3.8) is 0 Å². The lowest BCUT2D eigenvalue weighted by Crippen LogP contribution is -2.23. The highest BCUT2D eigenvalue weighted by Gasteiger charge is 2.12. The molecule has 0 saturated carbocycles. The Morgan fingerprint density at radius 3 is 2.68 bits per heavy atom. The van der Waals surface area contributed by atoms with Gasteiger partial charge in [0.15, 0.2) is 0 Å². The quantitative estimate of drug-likeness (QED) is 0.770. The Bertz CT molecular complexity index is 674. The van der Waals surface area contributed by atoms with Gasteiger partial charge in [-0.3, -0.25) is 14.6 Å². The number of nitrogens with two attached hydrogens (primary N) is 1. The van der Waals surface area contributed by atoms with E-state index in [1.807, 2.05) is 0 Å². The summed E-state index contributed by atoms with van der Waals surface area (Å²) in [5, 5.41) is 5.34. The summed E-state index contributed by atoms with van der Waals surface area (Å²) in [5.74, 6) is -0.154. The van der Waals surface area contributed by atoms with Gasteiger partial charge in [-0.05, 0) is 24.3 Å². The third-order valence-electron chi connectivity index (χ3n) is 2.86. The molecular weight excluding hydrogens is 284 g/mol. The zero-order valence-corrected chi connectivity index (χ0v) is 12.0. The molecule has 1 aromatic carbocycles. The number of carbonyl (C=O) groups excluding carboxylic acids is 2. The van der Waals surface area contributed by atoms with Crippen LogP contribution < -0.4 is 21.1 Å². The maximum atomic E-state index is 12.2. The van der Waals surface area contributed by atoms with Crippen molar-refractivity contribution >= 4 is 23.2 Å². The van der Waals surface area contributed by atoms with Crippen molar-refractivity contribution in [1.29, 1.82) is 0 Å². The molecule has 4 N–H and O–H groups in total. The predicted octanol–water partition coefficient (Wildman–Crippen LogP) is 1.24.